The third-order valence-electron chi connectivity index (χ3n) is 2.62. The predicted molar refractivity (Wildman–Crippen MR) is 60.7 cm³/mol. The van der Waals surface area contributed by atoms with Crippen LogP contribution in [0.4, 0.5) is 0 Å². The molecule has 0 unspecified atom stereocenters. The van der Waals surface area contributed by atoms with Gasteiger partial charge in [0.15, 0.2) is 0 Å². The van der Waals surface area contributed by atoms with Crippen molar-refractivity contribution in [1.82, 2.24) is 5.32 Å². The summed E-state index contributed by atoms with van der Waals surface area (Å²) in [6.07, 6.45) is -0.671. The van der Waals surface area contributed by atoms with Gasteiger partial charge >= 0.3 is 0 Å². The molecule has 0 amide bonds. The molecule has 3 nitrogen and oxygen atoms in total. The Hall–Kier alpha value is -0.900. The van der Waals surface area contributed by atoms with Crippen molar-refractivity contribution in [2.24, 2.45) is 0 Å². The van der Waals surface area contributed by atoms with E-state index < -0.39 is 6.10 Å². The van der Waals surface area contributed by atoms with Gasteiger partial charge in [-0.1, -0.05) is 18.2 Å². The quantitative estimate of drug-likeness (QED) is 0.670. The topological polar surface area (TPSA) is 52.5 Å². The summed E-state index contributed by atoms with van der Waals surface area (Å²) >= 11 is 0. The maximum absolute atomic E-state index is 9.15. The highest BCUT2D eigenvalue weighted by Crippen LogP contribution is 2.11. The molecule has 1 atom stereocenters. The second kappa shape index (κ2) is 5.85. The average Bonchev–Trinajstić information content (AvgIpc) is 2.24. The minimum absolute atomic E-state index is 0.195. The molecule has 0 bridgehead atoms. The van der Waals surface area contributed by atoms with Crippen LogP contribution in [0.1, 0.15) is 16.7 Å². The molecule has 3 N–H and O–H groups in total. The van der Waals surface area contributed by atoms with Gasteiger partial charge in [-0.25, -0.2) is 0 Å². The minimum atomic E-state index is -0.671. The molecule has 0 fully saturated rings. The molecule has 0 spiro atoms. The number of hydrogen-bond donors (Lipinski definition) is 3. The van der Waals surface area contributed by atoms with E-state index in [1.165, 1.54) is 16.7 Å². The number of aryl methyl sites for hydroxylation is 1. The van der Waals surface area contributed by atoms with Crippen molar-refractivity contribution in [2.75, 3.05) is 13.2 Å². The molecule has 1 aromatic carbocycles. The summed E-state index contributed by atoms with van der Waals surface area (Å²) < 4.78 is 0. The first-order chi connectivity index (χ1) is 7.15. The number of benzene rings is 1. The lowest BCUT2D eigenvalue weighted by Gasteiger charge is -2.11. The molecule has 1 rings (SSSR count). The fourth-order valence-corrected chi connectivity index (χ4v) is 1.44. The number of rotatable bonds is 5. The molecule has 0 saturated heterocycles. The lowest BCUT2D eigenvalue weighted by atomic mass is 10.0. The van der Waals surface area contributed by atoms with Gasteiger partial charge in [-0.3, -0.25) is 0 Å². The van der Waals surface area contributed by atoms with Crippen LogP contribution in [0.5, 0.6) is 0 Å². The summed E-state index contributed by atoms with van der Waals surface area (Å²) in [5, 5.41) is 20.9. The third kappa shape index (κ3) is 3.63. The van der Waals surface area contributed by atoms with Crippen LogP contribution in [0.3, 0.4) is 0 Å². The van der Waals surface area contributed by atoms with E-state index in [1.54, 1.807) is 0 Å². The Morgan fingerprint density at radius 1 is 1.33 bits per heavy atom. The van der Waals surface area contributed by atoms with E-state index in [2.05, 4.69) is 31.3 Å². The third-order valence-corrected chi connectivity index (χ3v) is 2.62. The largest absolute Gasteiger partial charge is 0.394 e. The van der Waals surface area contributed by atoms with Crippen molar-refractivity contribution < 1.29 is 10.2 Å². The average molecular weight is 209 g/mol. The Labute approximate surface area is 90.8 Å². The van der Waals surface area contributed by atoms with Gasteiger partial charge in [0, 0.05) is 13.1 Å². The van der Waals surface area contributed by atoms with Crippen LogP contribution in [0.25, 0.3) is 0 Å². The first-order valence-corrected chi connectivity index (χ1v) is 5.20. The smallest absolute Gasteiger partial charge is 0.0895 e. The molecule has 0 saturated carbocycles. The van der Waals surface area contributed by atoms with Gasteiger partial charge < -0.3 is 15.5 Å². The fraction of sp³-hybridized carbons (Fsp3) is 0.500. The lowest BCUT2D eigenvalue weighted by Crippen LogP contribution is -2.29. The van der Waals surface area contributed by atoms with Crippen molar-refractivity contribution in [1.29, 1.82) is 0 Å². The molecular formula is C12H19NO2. The number of hydrogen-bond acceptors (Lipinski definition) is 3. The monoisotopic (exact) mass is 209 g/mol. The SMILES string of the molecule is Cc1cccc(CNC[C@@H](O)CO)c1C. The van der Waals surface area contributed by atoms with E-state index in [0.29, 0.717) is 6.54 Å². The molecule has 0 aliphatic rings. The fourth-order valence-electron chi connectivity index (χ4n) is 1.44. The van der Waals surface area contributed by atoms with Crippen molar-refractivity contribution in [3.63, 3.8) is 0 Å². The highest BCUT2D eigenvalue weighted by atomic mass is 16.3. The Morgan fingerprint density at radius 3 is 2.73 bits per heavy atom. The normalized spacial score (nSPS) is 12.8. The van der Waals surface area contributed by atoms with Crippen LogP contribution in [0.2, 0.25) is 0 Å². The van der Waals surface area contributed by atoms with Crippen LogP contribution >= 0.6 is 0 Å². The van der Waals surface area contributed by atoms with E-state index in [1.807, 2.05) is 6.07 Å². The highest BCUT2D eigenvalue weighted by molar-refractivity contribution is 5.32. The molecule has 0 aliphatic heterocycles. The van der Waals surface area contributed by atoms with E-state index in [4.69, 9.17) is 10.2 Å². The van der Waals surface area contributed by atoms with E-state index in [0.717, 1.165) is 6.54 Å². The van der Waals surface area contributed by atoms with E-state index in [-0.39, 0.29) is 6.61 Å². The summed E-state index contributed by atoms with van der Waals surface area (Å²) in [4.78, 5) is 0. The van der Waals surface area contributed by atoms with Gasteiger partial charge in [-0.2, -0.15) is 0 Å². The van der Waals surface area contributed by atoms with Crippen LogP contribution in [0, 0.1) is 13.8 Å². The van der Waals surface area contributed by atoms with Gasteiger partial charge in [0.1, 0.15) is 0 Å². The summed E-state index contributed by atoms with van der Waals surface area (Å²) in [7, 11) is 0. The molecule has 0 heterocycles. The van der Waals surface area contributed by atoms with Gasteiger partial charge in [-0.15, -0.1) is 0 Å². The first-order valence-electron chi connectivity index (χ1n) is 5.20. The lowest BCUT2D eigenvalue weighted by molar-refractivity contribution is 0.0942. The van der Waals surface area contributed by atoms with Gasteiger partial charge in [0.2, 0.25) is 0 Å². The second-order valence-electron chi connectivity index (χ2n) is 3.83. The first kappa shape index (κ1) is 12.2. The second-order valence-corrected chi connectivity index (χ2v) is 3.83. The Bertz CT molecular complexity index is 312. The molecule has 0 radical (unpaired) electrons. The number of aliphatic hydroxyl groups is 2. The van der Waals surface area contributed by atoms with Gasteiger partial charge in [0.05, 0.1) is 12.7 Å². The molecule has 1 aromatic rings. The van der Waals surface area contributed by atoms with Crippen LogP contribution < -0.4 is 5.32 Å². The zero-order chi connectivity index (χ0) is 11.3. The number of aliphatic hydroxyl groups excluding tert-OH is 2. The predicted octanol–water partition coefficient (Wildman–Crippen LogP) is 0.746. The van der Waals surface area contributed by atoms with E-state index in [9.17, 15) is 0 Å². The maximum Gasteiger partial charge on any atom is 0.0895 e. The highest BCUT2D eigenvalue weighted by Gasteiger charge is 2.03. The van der Waals surface area contributed by atoms with Crippen molar-refractivity contribution in [3.8, 4) is 0 Å². The molecule has 84 valence electrons. The van der Waals surface area contributed by atoms with Crippen molar-refractivity contribution >= 4 is 0 Å². The Kier molecular flexibility index (Phi) is 4.75. The molecule has 0 aromatic heterocycles. The summed E-state index contributed by atoms with van der Waals surface area (Å²) in [6.45, 7) is 5.13. The van der Waals surface area contributed by atoms with Gasteiger partial charge in [-0.05, 0) is 30.5 Å². The van der Waals surface area contributed by atoms with Crippen LogP contribution in [-0.4, -0.2) is 29.5 Å². The Balaban J connectivity index is 2.47. The number of nitrogens with one attached hydrogen (secondary N) is 1. The van der Waals surface area contributed by atoms with Crippen LogP contribution in [-0.2, 0) is 6.54 Å². The minimum Gasteiger partial charge on any atom is -0.394 e. The van der Waals surface area contributed by atoms with E-state index >= 15 is 0 Å². The summed E-state index contributed by atoms with van der Waals surface area (Å²) in [6, 6.07) is 6.18. The molecule has 3 heteroatoms. The zero-order valence-electron chi connectivity index (χ0n) is 9.33. The summed E-state index contributed by atoms with van der Waals surface area (Å²) in [5.74, 6) is 0. The molecule has 15 heavy (non-hydrogen) atoms. The van der Waals surface area contributed by atoms with Crippen LogP contribution in [0.15, 0.2) is 18.2 Å². The van der Waals surface area contributed by atoms with Crippen molar-refractivity contribution in [3.05, 3.63) is 34.9 Å². The van der Waals surface area contributed by atoms with Gasteiger partial charge in [0.25, 0.3) is 0 Å². The summed E-state index contributed by atoms with van der Waals surface area (Å²) in [5.41, 5.74) is 3.79. The Morgan fingerprint density at radius 2 is 2.07 bits per heavy atom. The molecular weight excluding hydrogens is 190 g/mol. The maximum atomic E-state index is 9.15. The standard InChI is InChI=1S/C12H19NO2/c1-9-4-3-5-11(10(9)2)6-13-7-12(15)8-14/h3-5,12-15H,6-8H2,1-2H3/t12-/m1/s1. The van der Waals surface area contributed by atoms with Crippen molar-refractivity contribution in [2.45, 2.75) is 26.5 Å². The zero-order valence-corrected chi connectivity index (χ0v) is 9.33. The molecule has 0 aliphatic carbocycles.